The molecule has 0 atom stereocenters. The number of ether oxygens (including phenoxy) is 1. The second-order valence-electron chi connectivity index (χ2n) is 7.31. The first-order valence-corrected chi connectivity index (χ1v) is 9.64. The van der Waals surface area contributed by atoms with Crippen LogP contribution in [0, 0.1) is 17.7 Å². The number of benzene rings is 1. The van der Waals surface area contributed by atoms with Gasteiger partial charge in [-0.15, -0.1) is 5.10 Å². The zero-order valence-corrected chi connectivity index (χ0v) is 15.9. The predicted octanol–water partition coefficient (Wildman–Crippen LogP) is 3.91. The molecule has 9 heteroatoms. The number of H-pyrrole nitrogens is 2. The van der Waals surface area contributed by atoms with Gasteiger partial charge in [-0.05, 0) is 37.0 Å². The number of aromatic amines is 2. The first-order chi connectivity index (χ1) is 14.7. The fourth-order valence-electron chi connectivity index (χ4n) is 3.28. The van der Waals surface area contributed by atoms with E-state index in [-0.39, 0.29) is 11.5 Å². The molecule has 7 nitrogen and oxygen atoms in total. The molecule has 1 saturated carbocycles. The molecule has 0 bridgehead atoms. The van der Waals surface area contributed by atoms with Crippen molar-refractivity contribution in [2.24, 2.45) is 5.92 Å². The van der Waals surface area contributed by atoms with Crippen LogP contribution in [-0.2, 0) is 6.42 Å². The number of hydrogen-bond acceptors (Lipinski definition) is 5. The first kappa shape index (κ1) is 18.4. The topological polar surface area (TPSA) is 92.4 Å². The van der Waals surface area contributed by atoms with Crippen molar-refractivity contribution in [3.8, 4) is 28.4 Å². The minimum atomic E-state index is -0.682. The van der Waals surface area contributed by atoms with Gasteiger partial charge in [0.25, 0.3) is 5.95 Å². The molecule has 1 aliphatic rings. The molecule has 0 radical (unpaired) electrons. The highest BCUT2D eigenvalue weighted by Crippen LogP contribution is 2.32. The van der Waals surface area contributed by atoms with Crippen LogP contribution in [0.3, 0.4) is 0 Å². The van der Waals surface area contributed by atoms with Crippen LogP contribution in [0.5, 0.6) is 5.75 Å². The van der Waals surface area contributed by atoms with E-state index in [1.54, 1.807) is 30.7 Å². The third-order valence-corrected chi connectivity index (χ3v) is 5.07. The molecule has 1 aromatic carbocycles. The van der Waals surface area contributed by atoms with Gasteiger partial charge < -0.3 is 9.72 Å². The van der Waals surface area contributed by atoms with E-state index in [9.17, 15) is 8.78 Å². The number of aromatic nitrogens is 6. The number of hydrogen-bond donors (Lipinski definition) is 2. The van der Waals surface area contributed by atoms with Gasteiger partial charge in [-0.3, -0.25) is 4.98 Å². The highest BCUT2D eigenvalue weighted by atomic mass is 19.1. The first-order valence-electron chi connectivity index (χ1n) is 9.64. The SMILES string of the molecule is Fc1ccc(Cc2[nH]cnc2-c2cc(-c3n[nH]nc3F)ccn2)c(OCC2CC2)c1. The lowest BCUT2D eigenvalue weighted by Crippen LogP contribution is -2.03. The summed E-state index contributed by atoms with van der Waals surface area (Å²) in [4.78, 5) is 11.9. The van der Waals surface area contributed by atoms with E-state index in [1.165, 1.54) is 12.1 Å². The normalized spacial score (nSPS) is 13.5. The van der Waals surface area contributed by atoms with Crippen LogP contribution in [0.25, 0.3) is 22.6 Å². The maximum atomic E-state index is 13.8. The van der Waals surface area contributed by atoms with Gasteiger partial charge in [0.1, 0.15) is 23.0 Å². The van der Waals surface area contributed by atoms with Crippen LogP contribution in [0.15, 0.2) is 42.9 Å². The van der Waals surface area contributed by atoms with E-state index in [1.807, 2.05) is 0 Å². The Morgan fingerprint density at radius 2 is 1.93 bits per heavy atom. The molecule has 0 amide bonds. The van der Waals surface area contributed by atoms with E-state index in [4.69, 9.17) is 4.74 Å². The maximum Gasteiger partial charge on any atom is 0.260 e. The van der Waals surface area contributed by atoms with Gasteiger partial charge in [0, 0.05) is 35.5 Å². The van der Waals surface area contributed by atoms with Gasteiger partial charge in [-0.2, -0.15) is 14.7 Å². The Bertz CT molecular complexity index is 1180. The zero-order valence-electron chi connectivity index (χ0n) is 15.9. The van der Waals surface area contributed by atoms with Crippen molar-refractivity contribution in [1.29, 1.82) is 0 Å². The van der Waals surface area contributed by atoms with Crippen molar-refractivity contribution >= 4 is 0 Å². The minimum absolute atomic E-state index is 0.116. The molecule has 30 heavy (non-hydrogen) atoms. The van der Waals surface area contributed by atoms with Crippen LogP contribution in [-0.4, -0.2) is 37.0 Å². The average Bonchev–Trinajstić information content (AvgIpc) is 3.30. The molecule has 3 aromatic heterocycles. The third-order valence-electron chi connectivity index (χ3n) is 5.07. The van der Waals surface area contributed by atoms with Crippen molar-refractivity contribution in [3.63, 3.8) is 0 Å². The third kappa shape index (κ3) is 3.78. The summed E-state index contributed by atoms with van der Waals surface area (Å²) in [5.74, 6) is 0.0816. The van der Waals surface area contributed by atoms with Crippen LogP contribution in [0.4, 0.5) is 8.78 Å². The van der Waals surface area contributed by atoms with Crippen molar-refractivity contribution in [2.45, 2.75) is 19.3 Å². The molecule has 0 spiro atoms. The summed E-state index contributed by atoms with van der Waals surface area (Å²) in [6.07, 6.45) is 5.91. The molecule has 2 N–H and O–H groups in total. The lowest BCUT2D eigenvalue weighted by molar-refractivity contribution is 0.295. The largest absolute Gasteiger partial charge is 0.493 e. The highest BCUT2D eigenvalue weighted by molar-refractivity contribution is 5.67. The Kier molecular flexibility index (Phi) is 4.70. The Labute approximate surface area is 170 Å². The summed E-state index contributed by atoms with van der Waals surface area (Å²) >= 11 is 0. The smallest absolute Gasteiger partial charge is 0.260 e. The lowest BCUT2D eigenvalue weighted by Gasteiger charge is -2.12. The van der Waals surface area contributed by atoms with E-state index >= 15 is 0 Å². The number of nitrogens with one attached hydrogen (secondary N) is 2. The van der Waals surface area contributed by atoms with Crippen LogP contribution >= 0.6 is 0 Å². The molecular formula is C21H18F2N6O. The monoisotopic (exact) mass is 408 g/mol. The Morgan fingerprint density at radius 1 is 1.03 bits per heavy atom. The second-order valence-corrected chi connectivity index (χ2v) is 7.31. The van der Waals surface area contributed by atoms with E-state index in [0.717, 1.165) is 24.1 Å². The Morgan fingerprint density at radius 3 is 2.73 bits per heavy atom. The summed E-state index contributed by atoms with van der Waals surface area (Å²) in [6, 6.07) is 7.91. The molecule has 0 saturated heterocycles. The predicted molar refractivity (Wildman–Crippen MR) is 105 cm³/mol. The molecular weight excluding hydrogens is 390 g/mol. The quantitative estimate of drug-likeness (QED) is 0.484. The molecule has 0 unspecified atom stereocenters. The van der Waals surface area contributed by atoms with Gasteiger partial charge in [-0.25, -0.2) is 9.37 Å². The maximum absolute atomic E-state index is 13.8. The average molecular weight is 408 g/mol. The van der Waals surface area contributed by atoms with Crippen LogP contribution < -0.4 is 4.74 Å². The number of halogens is 2. The zero-order chi connectivity index (χ0) is 20.5. The number of nitrogens with zero attached hydrogens (tertiary/aromatic N) is 4. The van der Waals surface area contributed by atoms with Gasteiger partial charge in [0.2, 0.25) is 0 Å². The molecule has 1 aliphatic carbocycles. The minimum Gasteiger partial charge on any atom is -0.493 e. The lowest BCUT2D eigenvalue weighted by atomic mass is 10.0. The van der Waals surface area contributed by atoms with Gasteiger partial charge in [0.15, 0.2) is 0 Å². The highest BCUT2D eigenvalue weighted by Gasteiger charge is 2.23. The van der Waals surface area contributed by atoms with Crippen molar-refractivity contribution in [3.05, 3.63) is 65.9 Å². The molecule has 4 aromatic rings. The van der Waals surface area contributed by atoms with Crippen LogP contribution in [0.1, 0.15) is 24.1 Å². The van der Waals surface area contributed by atoms with Crippen molar-refractivity contribution < 1.29 is 13.5 Å². The second kappa shape index (κ2) is 7.66. The summed E-state index contributed by atoms with van der Waals surface area (Å²) in [5.41, 5.74) is 3.48. The van der Waals surface area contributed by atoms with E-state index in [2.05, 4.69) is 30.4 Å². The van der Waals surface area contributed by atoms with Gasteiger partial charge in [0.05, 0.1) is 18.6 Å². The van der Waals surface area contributed by atoms with E-state index in [0.29, 0.717) is 41.6 Å². The molecule has 152 valence electrons. The number of rotatable bonds is 7. The number of imidazole rings is 1. The molecule has 3 heterocycles. The molecule has 0 aliphatic heterocycles. The summed E-state index contributed by atoms with van der Waals surface area (Å²) in [5, 5.41) is 9.53. The fraction of sp³-hybridized carbons (Fsp3) is 0.238. The molecule has 1 fully saturated rings. The van der Waals surface area contributed by atoms with E-state index < -0.39 is 5.95 Å². The van der Waals surface area contributed by atoms with Gasteiger partial charge >= 0.3 is 0 Å². The summed E-state index contributed by atoms with van der Waals surface area (Å²) in [7, 11) is 0. The Hall–Kier alpha value is -3.62. The molecule has 5 rings (SSSR count). The van der Waals surface area contributed by atoms with Crippen LogP contribution in [0.2, 0.25) is 0 Å². The number of pyridine rings is 1. The van der Waals surface area contributed by atoms with Crippen molar-refractivity contribution in [2.75, 3.05) is 6.61 Å². The Balaban J connectivity index is 1.44. The van der Waals surface area contributed by atoms with Gasteiger partial charge in [-0.1, -0.05) is 6.07 Å². The fourth-order valence-corrected chi connectivity index (χ4v) is 3.28. The summed E-state index contributed by atoms with van der Waals surface area (Å²) < 4.78 is 33.4. The standard InChI is InChI=1S/C21H18F2N6O/c22-15-4-3-13(18(9-15)30-10-12-1-2-12)7-17-20(26-11-25-17)16-8-14(5-6-24-16)19-21(23)28-29-27-19/h3-6,8-9,11-12H,1-2,7,10H2,(H,25,26)(H,27,28,29). The van der Waals surface area contributed by atoms with Crippen molar-refractivity contribution in [1.82, 2.24) is 30.4 Å². The summed E-state index contributed by atoms with van der Waals surface area (Å²) in [6.45, 7) is 0.596.